The zero-order valence-electron chi connectivity index (χ0n) is 8.49. The molecule has 0 aromatic rings. The van der Waals surface area contributed by atoms with E-state index in [1.54, 1.807) is 0 Å². The number of amides is 2. The Morgan fingerprint density at radius 3 is 2.67 bits per heavy atom. The number of nitrogens with one attached hydrogen (secondary N) is 2. The minimum absolute atomic E-state index is 0.00162. The summed E-state index contributed by atoms with van der Waals surface area (Å²) in [5.74, 6) is -0.902. The van der Waals surface area contributed by atoms with Gasteiger partial charge in [-0.25, -0.2) is 0 Å². The third-order valence-corrected chi connectivity index (χ3v) is 1.91. The van der Waals surface area contributed by atoms with Crippen molar-refractivity contribution in [3.63, 3.8) is 0 Å². The van der Waals surface area contributed by atoms with E-state index in [0.717, 1.165) is 12.8 Å². The maximum Gasteiger partial charge on any atom is 0.303 e. The molecule has 0 heterocycles. The van der Waals surface area contributed by atoms with Crippen LogP contribution in [0.2, 0.25) is 0 Å². The Kier molecular flexibility index (Phi) is 4.08. The lowest BCUT2D eigenvalue weighted by molar-refractivity contribution is -0.153. The molecular formula is C9H14N2O4. The highest BCUT2D eigenvalue weighted by Gasteiger charge is 2.28. The van der Waals surface area contributed by atoms with Gasteiger partial charge in [-0.05, 0) is 12.8 Å². The van der Waals surface area contributed by atoms with Crippen LogP contribution in [0.15, 0.2) is 0 Å². The standard InChI is InChI=1S/C9H14N2O4/c1-6(13)15-8(4-10-5-12)9(14)11-7-2-3-7/h5,7-8H,2-4H2,1H3,(H,10,12)(H,11,14). The molecule has 0 bridgehead atoms. The Balaban J connectivity index is 2.40. The lowest BCUT2D eigenvalue weighted by Gasteiger charge is -2.15. The molecule has 0 aliphatic heterocycles. The molecule has 2 amide bonds. The smallest absolute Gasteiger partial charge is 0.303 e. The van der Waals surface area contributed by atoms with Crippen molar-refractivity contribution in [1.82, 2.24) is 10.6 Å². The normalized spacial score (nSPS) is 16.3. The van der Waals surface area contributed by atoms with Gasteiger partial charge in [0.25, 0.3) is 5.91 Å². The molecule has 0 spiro atoms. The van der Waals surface area contributed by atoms with Crippen LogP contribution in [0.25, 0.3) is 0 Å². The lowest BCUT2D eigenvalue weighted by Crippen LogP contribution is -2.44. The number of carbonyl (C=O) groups is 3. The summed E-state index contributed by atoms with van der Waals surface area (Å²) >= 11 is 0. The summed E-state index contributed by atoms with van der Waals surface area (Å²) in [5.41, 5.74) is 0. The van der Waals surface area contributed by atoms with Gasteiger partial charge in [0.05, 0.1) is 6.54 Å². The first kappa shape index (κ1) is 11.5. The van der Waals surface area contributed by atoms with Gasteiger partial charge in [0.2, 0.25) is 6.41 Å². The monoisotopic (exact) mass is 214 g/mol. The minimum atomic E-state index is -0.937. The maximum atomic E-state index is 11.5. The summed E-state index contributed by atoms with van der Waals surface area (Å²) in [4.78, 5) is 32.3. The molecule has 0 aromatic heterocycles. The van der Waals surface area contributed by atoms with Crippen molar-refractivity contribution in [2.24, 2.45) is 0 Å². The summed E-state index contributed by atoms with van der Waals surface area (Å²) in [6.45, 7) is 1.22. The molecule has 0 saturated heterocycles. The Morgan fingerprint density at radius 1 is 1.53 bits per heavy atom. The number of rotatable bonds is 6. The first-order valence-corrected chi connectivity index (χ1v) is 4.78. The van der Waals surface area contributed by atoms with Gasteiger partial charge in [0.15, 0.2) is 6.10 Å². The molecule has 1 rings (SSSR count). The van der Waals surface area contributed by atoms with Crippen LogP contribution in [0, 0.1) is 0 Å². The highest BCUT2D eigenvalue weighted by Crippen LogP contribution is 2.18. The van der Waals surface area contributed by atoms with Gasteiger partial charge < -0.3 is 15.4 Å². The molecular weight excluding hydrogens is 200 g/mol. The topological polar surface area (TPSA) is 84.5 Å². The third kappa shape index (κ3) is 4.44. The lowest BCUT2D eigenvalue weighted by atomic mass is 10.3. The minimum Gasteiger partial charge on any atom is -0.451 e. The Hall–Kier alpha value is -1.59. The molecule has 1 fully saturated rings. The van der Waals surface area contributed by atoms with Crippen molar-refractivity contribution in [1.29, 1.82) is 0 Å². The first-order chi connectivity index (χ1) is 7.13. The summed E-state index contributed by atoms with van der Waals surface area (Å²) < 4.78 is 4.77. The molecule has 15 heavy (non-hydrogen) atoms. The fourth-order valence-corrected chi connectivity index (χ4v) is 1.07. The zero-order chi connectivity index (χ0) is 11.3. The van der Waals surface area contributed by atoms with Crippen molar-refractivity contribution in [3.05, 3.63) is 0 Å². The fraction of sp³-hybridized carbons (Fsp3) is 0.667. The quantitative estimate of drug-likeness (QED) is 0.436. The highest BCUT2D eigenvalue weighted by atomic mass is 16.5. The van der Waals surface area contributed by atoms with Crippen LogP contribution in [-0.4, -0.2) is 37.0 Å². The predicted molar refractivity (Wildman–Crippen MR) is 50.8 cm³/mol. The maximum absolute atomic E-state index is 11.5. The molecule has 1 saturated carbocycles. The third-order valence-electron chi connectivity index (χ3n) is 1.91. The molecule has 1 atom stereocenters. The Labute approximate surface area is 87.4 Å². The summed E-state index contributed by atoms with van der Waals surface area (Å²) in [6, 6.07) is 0.201. The van der Waals surface area contributed by atoms with Gasteiger partial charge >= 0.3 is 5.97 Å². The van der Waals surface area contributed by atoms with Gasteiger partial charge in [-0.2, -0.15) is 0 Å². The second-order valence-corrected chi connectivity index (χ2v) is 3.41. The van der Waals surface area contributed by atoms with E-state index in [9.17, 15) is 14.4 Å². The van der Waals surface area contributed by atoms with Crippen molar-refractivity contribution < 1.29 is 19.1 Å². The molecule has 6 nitrogen and oxygen atoms in total. The molecule has 6 heteroatoms. The van der Waals surface area contributed by atoms with E-state index in [1.165, 1.54) is 6.92 Å². The van der Waals surface area contributed by atoms with E-state index in [1.807, 2.05) is 0 Å². The number of hydrogen-bond acceptors (Lipinski definition) is 4. The van der Waals surface area contributed by atoms with Crippen LogP contribution >= 0.6 is 0 Å². The van der Waals surface area contributed by atoms with Crippen LogP contribution in [-0.2, 0) is 19.1 Å². The van der Waals surface area contributed by atoms with Crippen LogP contribution in [0.3, 0.4) is 0 Å². The number of carbonyl (C=O) groups excluding carboxylic acids is 3. The average Bonchev–Trinajstić information content (AvgIpc) is 2.95. The second-order valence-electron chi connectivity index (χ2n) is 3.41. The molecule has 0 radical (unpaired) electrons. The van der Waals surface area contributed by atoms with Gasteiger partial charge in [0.1, 0.15) is 0 Å². The average molecular weight is 214 g/mol. The first-order valence-electron chi connectivity index (χ1n) is 4.78. The molecule has 0 aromatic carbocycles. The van der Waals surface area contributed by atoms with E-state index in [-0.39, 0.29) is 18.5 Å². The van der Waals surface area contributed by atoms with Gasteiger partial charge in [0, 0.05) is 13.0 Å². The number of ether oxygens (including phenoxy) is 1. The molecule has 1 aliphatic carbocycles. The number of esters is 1. The summed E-state index contributed by atoms with van der Waals surface area (Å²) in [6.07, 6.45) is 1.44. The Morgan fingerprint density at radius 2 is 2.20 bits per heavy atom. The molecule has 1 unspecified atom stereocenters. The second kappa shape index (κ2) is 5.33. The Bertz CT molecular complexity index is 263. The van der Waals surface area contributed by atoms with Crippen LogP contribution in [0.4, 0.5) is 0 Å². The van der Waals surface area contributed by atoms with E-state index in [2.05, 4.69) is 10.6 Å². The van der Waals surface area contributed by atoms with Crippen molar-refractivity contribution in [3.8, 4) is 0 Å². The predicted octanol–water partition coefficient (Wildman–Crippen LogP) is -1.06. The van der Waals surface area contributed by atoms with Crippen molar-refractivity contribution in [2.75, 3.05) is 6.54 Å². The molecule has 1 aliphatic rings. The van der Waals surface area contributed by atoms with E-state index >= 15 is 0 Å². The SMILES string of the molecule is CC(=O)OC(CNC=O)C(=O)NC1CC1. The summed E-state index contributed by atoms with van der Waals surface area (Å²) in [5, 5.41) is 5.01. The van der Waals surface area contributed by atoms with Gasteiger partial charge in [-0.1, -0.05) is 0 Å². The van der Waals surface area contributed by atoms with Crippen molar-refractivity contribution in [2.45, 2.75) is 31.9 Å². The van der Waals surface area contributed by atoms with E-state index in [4.69, 9.17) is 4.74 Å². The van der Waals surface area contributed by atoms with E-state index in [0.29, 0.717) is 6.41 Å². The van der Waals surface area contributed by atoms with Crippen LogP contribution in [0.1, 0.15) is 19.8 Å². The van der Waals surface area contributed by atoms with Crippen LogP contribution in [0.5, 0.6) is 0 Å². The van der Waals surface area contributed by atoms with Gasteiger partial charge in [-0.15, -0.1) is 0 Å². The zero-order valence-corrected chi connectivity index (χ0v) is 8.49. The van der Waals surface area contributed by atoms with E-state index < -0.39 is 12.1 Å². The largest absolute Gasteiger partial charge is 0.451 e. The van der Waals surface area contributed by atoms with Gasteiger partial charge in [-0.3, -0.25) is 14.4 Å². The molecule has 84 valence electrons. The van der Waals surface area contributed by atoms with Crippen LogP contribution < -0.4 is 10.6 Å². The summed E-state index contributed by atoms with van der Waals surface area (Å²) in [7, 11) is 0. The fourth-order valence-electron chi connectivity index (χ4n) is 1.07. The van der Waals surface area contributed by atoms with Crippen molar-refractivity contribution >= 4 is 18.3 Å². The highest BCUT2D eigenvalue weighted by molar-refractivity contribution is 5.84. The molecule has 2 N–H and O–H groups in total. The number of hydrogen-bond donors (Lipinski definition) is 2.